The van der Waals surface area contributed by atoms with Crippen molar-refractivity contribution in [1.82, 2.24) is 5.32 Å². The van der Waals surface area contributed by atoms with Crippen LogP contribution in [0.4, 0.5) is 0 Å². The number of nitrogens with one attached hydrogen (secondary N) is 1. The summed E-state index contributed by atoms with van der Waals surface area (Å²) in [5, 5.41) is 13.0. The molecule has 1 unspecified atom stereocenters. The summed E-state index contributed by atoms with van der Waals surface area (Å²) in [7, 11) is 0. The first kappa shape index (κ1) is 14.9. The van der Waals surface area contributed by atoms with Gasteiger partial charge in [0.05, 0.1) is 6.61 Å². The van der Waals surface area contributed by atoms with Crippen molar-refractivity contribution >= 4 is 11.8 Å². The van der Waals surface area contributed by atoms with Crippen molar-refractivity contribution in [2.24, 2.45) is 0 Å². The lowest BCUT2D eigenvalue weighted by molar-refractivity contribution is 0.183. The van der Waals surface area contributed by atoms with Crippen LogP contribution in [0.25, 0.3) is 0 Å². The van der Waals surface area contributed by atoms with Gasteiger partial charge in [-0.2, -0.15) is 0 Å². The molecule has 2 nitrogen and oxygen atoms in total. The minimum atomic E-state index is -0.210. The predicted molar refractivity (Wildman–Crippen MR) is 83.0 cm³/mol. The standard InChI is InChI=1S/C16H25NOS/c1-12(2)17-16(3,10-18)11-19-15-8-7-13-5-4-6-14(13)9-15/h7-9,12,17-18H,4-6,10-11H2,1-3H3. The second kappa shape index (κ2) is 6.29. The topological polar surface area (TPSA) is 32.3 Å². The van der Waals surface area contributed by atoms with Gasteiger partial charge >= 0.3 is 0 Å². The number of rotatable bonds is 6. The molecule has 1 aliphatic rings. The van der Waals surface area contributed by atoms with Gasteiger partial charge < -0.3 is 10.4 Å². The molecule has 106 valence electrons. The first-order valence-electron chi connectivity index (χ1n) is 7.15. The van der Waals surface area contributed by atoms with Crippen LogP contribution in [0.15, 0.2) is 23.1 Å². The number of aryl methyl sites for hydroxylation is 2. The fourth-order valence-corrected chi connectivity index (χ4v) is 3.76. The van der Waals surface area contributed by atoms with Crippen LogP contribution in [0.5, 0.6) is 0 Å². The quantitative estimate of drug-likeness (QED) is 0.785. The van der Waals surface area contributed by atoms with Crippen LogP contribution in [0.1, 0.15) is 38.3 Å². The predicted octanol–water partition coefficient (Wildman–Crippen LogP) is 3.02. The third-order valence-electron chi connectivity index (χ3n) is 3.61. The molecule has 2 rings (SSSR count). The van der Waals surface area contributed by atoms with Gasteiger partial charge in [-0.1, -0.05) is 19.9 Å². The molecule has 1 aromatic carbocycles. The minimum Gasteiger partial charge on any atom is -0.394 e. The van der Waals surface area contributed by atoms with E-state index >= 15 is 0 Å². The average Bonchev–Trinajstić information content (AvgIpc) is 2.83. The first-order chi connectivity index (χ1) is 9.02. The summed E-state index contributed by atoms with van der Waals surface area (Å²) < 4.78 is 0. The van der Waals surface area contributed by atoms with Crippen LogP contribution in [0.3, 0.4) is 0 Å². The van der Waals surface area contributed by atoms with Crippen molar-refractivity contribution in [3.63, 3.8) is 0 Å². The van der Waals surface area contributed by atoms with Gasteiger partial charge in [0.1, 0.15) is 0 Å². The number of benzene rings is 1. The van der Waals surface area contributed by atoms with E-state index in [1.165, 1.54) is 35.3 Å². The highest BCUT2D eigenvalue weighted by Gasteiger charge is 2.24. The number of hydrogen-bond donors (Lipinski definition) is 2. The summed E-state index contributed by atoms with van der Waals surface area (Å²) in [4.78, 5) is 1.32. The fraction of sp³-hybridized carbons (Fsp3) is 0.625. The van der Waals surface area contributed by atoms with E-state index in [1.807, 2.05) is 11.8 Å². The van der Waals surface area contributed by atoms with Crippen molar-refractivity contribution in [2.75, 3.05) is 12.4 Å². The van der Waals surface area contributed by atoms with Crippen molar-refractivity contribution in [3.05, 3.63) is 29.3 Å². The number of hydrogen-bond acceptors (Lipinski definition) is 3. The second-order valence-electron chi connectivity index (χ2n) is 6.09. The Bertz CT molecular complexity index is 433. The Labute approximate surface area is 121 Å². The van der Waals surface area contributed by atoms with Gasteiger partial charge in [0.2, 0.25) is 0 Å². The van der Waals surface area contributed by atoms with E-state index in [9.17, 15) is 5.11 Å². The maximum atomic E-state index is 9.59. The van der Waals surface area contributed by atoms with Gasteiger partial charge in [-0.3, -0.25) is 0 Å². The molecule has 0 bridgehead atoms. The van der Waals surface area contributed by atoms with Gasteiger partial charge in [0.15, 0.2) is 0 Å². The van der Waals surface area contributed by atoms with Gasteiger partial charge in [-0.15, -0.1) is 11.8 Å². The molecule has 0 amide bonds. The number of aliphatic hydroxyl groups excluding tert-OH is 1. The third-order valence-corrected chi connectivity index (χ3v) is 4.98. The molecule has 0 spiro atoms. The SMILES string of the molecule is CC(C)NC(C)(CO)CSc1ccc2c(c1)CCC2. The van der Waals surface area contributed by atoms with E-state index in [4.69, 9.17) is 0 Å². The molecular formula is C16H25NOS. The summed E-state index contributed by atoms with van der Waals surface area (Å²) in [5.41, 5.74) is 2.83. The maximum Gasteiger partial charge on any atom is 0.0618 e. The van der Waals surface area contributed by atoms with Gasteiger partial charge in [0, 0.05) is 22.2 Å². The van der Waals surface area contributed by atoms with Crippen LogP contribution in [0.2, 0.25) is 0 Å². The van der Waals surface area contributed by atoms with Gasteiger partial charge in [-0.05, 0) is 49.4 Å². The van der Waals surface area contributed by atoms with Crippen molar-refractivity contribution in [2.45, 2.75) is 56.5 Å². The Morgan fingerprint density at radius 2 is 2.05 bits per heavy atom. The number of thioether (sulfide) groups is 1. The summed E-state index contributed by atoms with van der Waals surface area (Å²) in [6.07, 6.45) is 3.77. The van der Waals surface area contributed by atoms with E-state index in [2.05, 4.69) is 44.3 Å². The molecule has 1 atom stereocenters. The fourth-order valence-electron chi connectivity index (χ4n) is 2.71. The normalized spacial score (nSPS) is 17.5. The summed E-state index contributed by atoms with van der Waals surface area (Å²) in [5.74, 6) is 0.889. The van der Waals surface area contributed by atoms with E-state index in [0.717, 1.165) is 5.75 Å². The largest absolute Gasteiger partial charge is 0.394 e. The molecule has 0 aromatic heterocycles. The Morgan fingerprint density at radius 1 is 1.32 bits per heavy atom. The Kier molecular flexibility index (Phi) is 4.93. The van der Waals surface area contributed by atoms with Gasteiger partial charge in [-0.25, -0.2) is 0 Å². The van der Waals surface area contributed by atoms with E-state index in [0.29, 0.717) is 6.04 Å². The Hall–Kier alpha value is -0.510. The lowest BCUT2D eigenvalue weighted by Crippen LogP contribution is -2.51. The third kappa shape index (κ3) is 3.98. The van der Waals surface area contributed by atoms with E-state index in [1.54, 1.807) is 0 Å². The minimum absolute atomic E-state index is 0.170. The first-order valence-corrected chi connectivity index (χ1v) is 8.14. The zero-order chi connectivity index (χ0) is 13.9. The summed E-state index contributed by atoms with van der Waals surface area (Å²) in [6, 6.07) is 7.22. The Morgan fingerprint density at radius 3 is 2.74 bits per heavy atom. The molecule has 1 aliphatic carbocycles. The highest BCUT2D eigenvalue weighted by molar-refractivity contribution is 7.99. The molecule has 0 radical (unpaired) electrons. The molecular weight excluding hydrogens is 254 g/mol. The zero-order valence-corrected chi connectivity index (χ0v) is 13.0. The Balaban J connectivity index is 1.97. The summed E-state index contributed by atoms with van der Waals surface area (Å²) >= 11 is 1.84. The van der Waals surface area contributed by atoms with Crippen LogP contribution >= 0.6 is 11.8 Å². The average molecular weight is 279 g/mol. The molecule has 2 N–H and O–H groups in total. The van der Waals surface area contributed by atoms with Crippen LogP contribution in [0, 0.1) is 0 Å². The van der Waals surface area contributed by atoms with E-state index in [-0.39, 0.29) is 12.1 Å². The lowest BCUT2D eigenvalue weighted by Gasteiger charge is -2.30. The van der Waals surface area contributed by atoms with Crippen LogP contribution in [-0.4, -0.2) is 29.0 Å². The number of fused-ring (bicyclic) bond motifs is 1. The molecule has 1 aromatic rings. The maximum absolute atomic E-state index is 9.59. The van der Waals surface area contributed by atoms with Crippen LogP contribution < -0.4 is 5.32 Å². The molecule has 0 fully saturated rings. The van der Waals surface area contributed by atoms with Crippen molar-refractivity contribution in [1.29, 1.82) is 0 Å². The molecule has 0 saturated heterocycles. The molecule has 0 heterocycles. The highest BCUT2D eigenvalue weighted by Crippen LogP contribution is 2.29. The second-order valence-corrected chi connectivity index (χ2v) is 7.14. The molecule has 0 aliphatic heterocycles. The highest BCUT2D eigenvalue weighted by atomic mass is 32.2. The molecule has 3 heteroatoms. The monoisotopic (exact) mass is 279 g/mol. The molecule has 0 saturated carbocycles. The lowest BCUT2D eigenvalue weighted by atomic mass is 10.1. The summed E-state index contributed by atoms with van der Waals surface area (Å²) in [6.45, 7) is 6.50. The van der Waals surface area contributed by atoms with Crippen molar-refractivity contribution < 1.29 is 5.11 Å². The molecule has 19 heavy (non-hydrogen) atoms. The smallest absolute Gasteiger partial charge is 0.0618 e. The zero-order valence-electron chi connectivity index (χ0n) is 12.2. The van der Waals surface area contributed by atoms with Crippen LogP contribution in [-0.2, 0) is 12.8 Å². The number of aliphatic hydroxyl groups is 1. The van der Waals surface area contributed by atoms with Gasteiger partial charge in [0.25, 0.3) is 0 Å². The van der Waals surface area contributed by atoms with E-state index < -0.39 is 0 Å². The van der Waals surface area contributed by atoms with Crippen molar-refractivity contribution in [3.8, 4) is 0 Å².